The zero-order valence-corrected chi connectivity index (χ0v) is 10.7. The molecule has 2 atom stereocenters. The number of nitrogens with zero attached hydrogens (tertiary/aromatic N) is 1. The molecule has 0 bridgehead atoms. The fourth-order valence-electron chi connectivity index (χ4n) is 2.25. The van der Waals surface area contributed by atoms with E-state index in [-0.39, 0.29) is 17.9 Å². The molecule has 2 unspecified atom stereocenters. The molecule has 4 heteroatoms. The molecule has 94 valence electrons. The van der Waals surface area contributed by atoms with Gasteiger partial charge in [0.05, 0.1) is 5.92 Å². The maximum Gasteiger partial charge on any atom is 0.224 e. The van der Waals surface area contributed by atoms with Crippen molar-refractivity contribution in [3.8, 4) is 0 Å². The van der Waals surface area contributed by atoms with Gasteiger partial charge in [-0.05, 0) is 32.4 Å². The van der Waals surface area contributed by atoms with E-state index in [9.17, 15) is 4.79 Å². The molecular weight excluding hydrogens is 202 g/mol. The molecule has 16 heavy (non-hydrogen) atoms. The van der Waals surface area contributed by atoms with Gasteiger partial charge < -0.3 is 16.0 Å². The zero-order chi connectivity index (χ0) is 12.1. The van der Waals surface area contributed by atoms with Gasteiger partial charge in [0, 0.05) is 19.1 Å². The molecule has 1 aliphatic heterocycles. The lowest BCUT2D eigenvalue weighted by atomic mass is 10.0. The van der Waals surface area contributed by atoms with Gasteiger partial charge in [0.25, 0.3) is 0 Å². The third kappa shape index (κ3) is 4.10. The van der Waals surface area contributed by atoms with Crippen LogP contribution >= 0.6 is 0 Å². The lowest BCUT2D eigenvalue weighted by molar-refractivity contribution is -0.125. The summed E-state index contributed by atoms with van der Waals surface area (Å²) in [5.74, 6) is 0.909. The molecule has 3 N–H and O–H groups in total. The maximum atomic E-state index is 11.9. The van der Waals surface area contributed by atoms with E-state index < -0.39 is 0 Å². The number of nitrogens with two attached hydrogens (primary N) is 1. The van der Waals surface area contributed by atoms with E-state index in [2.05, 4.69) is 31.1 Å². The Kier molecular flexibility index (Phi) is 5.22. The second-order valence-corrected chi connectivity index (χ2v) is 5.32. The highest BCUT2D eigenvalue weighted by atomic mass is 16.2. The van der Waals surface area contributed by atoms with Crippen molar-refractivity contribution in [1.82, 2.24) is 10.2 Å². The molecule has 1 amide bonds. The summed E-state index contributed by atoms with van der Waals surface area (Å²) in [4.78, 5) is 14.1. The monoisotopic (exact) mass is 227 g/mol. The number of carbonyl (C=O) groups is 1. The first-order valence-corrected chi connectivity index (χ1v) is 6.22. The predicted molar refractivity (Wildman–Crippen MR) is 66.0 cm³/mol. The van der Waals surface area contributed by atoms with Gasteiger partial charge >= 0.3 is 0 Å². The number of hydrogen-bond acceptors (Lipinski definition) is 3. The Labute approximate surface area is 98.6 Å². The first-order chi connectivity index (χ1) is 7.52. The minimum atomic E-state index is 0.137. The van der Waals surface area contributed by atoms with Crippen molar-refractivity contribution in [3.05, 3.63) is 0 Å². The SMILES string of the molecule is CC(C)CC(CN)NC(=O)C1CCN(C)C1. The van der Waals surface area contributed by atoms with Gasteiger partial charge in [-0.1, -0.05) is 13.8 Å². The first-order valence-electron chi connectivity index (χ1n) is 6.22. The smallest absolute Gasteiger partial charge is 0.224 e. The van der Waals surface area contributed by atoms with Crippen molar-refractivity contribution in [2.24, 2.45) is 17.6 Å². The summed E-state index contributed by atoms with van der Waals surface area (Å²) in [5.41, 5.74) is 5.67. The maximum absolute atomic E-state index is 11.9. The molecule has 1 aliphatic rings. The Hall–Kier alpha value is -0.610. The number of nitrogens with one attached hydrogen (secondary N) is 1. The second-order valence-electron chi connectivity index (χ2n) is 5.32. The van der Waals surface area contributed by atoms with Crippen LogP contribution in [-0.2, 0) is 4.79 Å². The average molecular weight is 227 g/mol. The van der Waals surface area contributed by atoms with Crippen LogP contribution in [0.25, 0.3) is 0 Å². The van der Waals surface area contributed by atoms with Gasteiger partial charge in [-0.25, -0.2) is 0 Å². The lowest BCUT2D eigenvalue weighted by Crippen LogP contribution is -2.44. The van der Waals surface area contributed by atoms with Crippen LogP contribution in [0.1, 0.15) is 26.7 Å². The summed E-state index contributed by atoms with van der Waals surface area (Å²) in [6.07, 6.45) is 1.94. The van der Waals surface area contributed by atoms with Crippen molar-refractivity contribution in [3.63, 3.8) is 0 Å². The highest BCUT2D eigenvalue weighted by Crippen LogP contribution is 2.15. The first kappa shape index (κ1) is 13.5. The number of amides is 1. The fourth-order valence-corrected chi connectivity index (χ4v) is 2.25. The van der Waals surface area contributed by atoms with E-state index in [4.69, 9.17) is 5.73 Å². The standard InChI is InChI=1S/C12H25N3O/c1-9(2)6-11(7-13)14-12(16)10-4-5-15(3)8-10/h9-11H,4-8,13H2,1-3H3,(H,14,16). The van der Waals surface area contributed by atoms with Crippen molar-refractivity contribution < 1.29 is 4.79 Å². The highest BCUT2D eigenvalue weighted by Gasteiger charge is 2.27. The van der Waals surface area contributed by atoms with Gasteiger partial charge in [-0.2, -0.15) is 0 Å². The van der Waals surface area contributed by atoms with E-state index in [1.54, 1.807) is 0 Å². The van der Waals surface area contributed by atoms with Crippen LogP contribution in [0.2, 0.25) is 0 Å². The summed E-state index contributed by atoms with van der Waals surface area (Å²) in [6, 6.07) is 0.137. The molecule has 1 fully saturated rings. The molecular formula is C12H25N3O. The van der Waals surface area contributed by atoms with E-state index in [1.807, 2.05) is 0 Å². The van der Waals surface area contributed by atoms with Gasteiger partial charge in [0.1, 0.15) is 0 Å². The van der Waals surface area contributed by atoms with Gasteiger partial charge in [0.15, 0.2) is 0 Å². The highest BCUT2D eigenvalue weighted by molar-refractivity contribution is 5.79. The Morgan fingerprint density at radius 1 is 1.56 bits per heavy atom. The van der Waals surface area contributed by atoms with Crippen molar-refractivity contribution >= 4 is 5.91 Å². The van der Waals surface area contributed by atoms with Gasteiger partial charge in [-0.3, -0.25) is 4.79 Å². The Balaban J connectivity index is 2.36. The van der Waals surface area contributed by atoms with Crippen LogP contribution in [-0.4, -0.2) is 43.5 Å². The second kappa shape index (κ2) is 6.21. The normalized spacial score (nSPS) is 23.7. The van der Waals surface area contributed by atoms with Gasteiger partial charge in [-0.15, -0.1) is 0 Å². The van der Waals surface area contributed by atoms with Crippen LogP contribution in [0.5, 0.6) is 0 Å². The van der Waals surface area contributed by atoms with E-state index >= 15 is 0 Å². The van der Waals surface area contributed by atoms with Crippen LogP contribution < -0.4 is 11.1 Å². The van der Waals surface area contributed by atoms with Crippen LogP contribution in [0, 0.1) is 11.8 Å². The number of hydrogen-bond donors (Lipinski definition) is 2. The largest absolute Gasteiger partial charge is 0.352 e. The summed E-state index contributed by atoms with van der Waals surface area (Å²) < 4.78 is 0. The molecule has 1 rings (SSSR count). The molecule has 0 spiro atoms. The van der Waals surface area contributed by atoms with Crippen molar-refractivity contribution in [2.45, 2.75) is 32.7 Å². The molecule has 0 radical (unpaired) electrons. The molecule has 0 aliphatic carbocycles. The van der Waals surface area contributed by atoms with E-state index in [1.165, 1.54) is 0 Å². The molecule has 0 aromatic rings. The van der Waals surface area contributed by atoms with Gasteiger partial charge in [0.2, 0.25) is 5.91 Å². The third-order valence-electron chi connectivity index (χ3n) is 3.15. The van der Waals surface area contributed by atoms with Crippen LogP contribution in [0.4, 0.5) is 0 Å². The summed E-state index contributed by atoms with van der Waals surface area (Å²) in [5, 5.41) is 3.07. The molecule has 1 heterocycles. The number of carbonyl (C=O) groups excluding carboxylic acids is 1. The van der Waals surface area contributed by atoms with E-state index in [0.29, 0.717) is 12.5 Å². The quantitative estimate of drug-likeness (QED) is 0.716. The average Bonchev–Trinajstić information content (AvgIpc) is 2.63. The molecule has 4 nitrogen and oxygen atoms in total. The minimum absolute atomic E-state index is 0.137. The number of likely N-dealkylation sites (tertiary alicyclic amines) is 1. The predicted octanol–water partition coefficient (Wildman–Crippen LogP) is 0.428. The summed E-state index contributed by atoms with van der Waals surface area (Å²) in [6.45, 7) is 6.74. The Morgan fingerprint density at radius 2 is 2.25 bits per heavy atom. The van der Waals surface area contributed by atoms with Crippen molar-refractivity contribution in [1.29, 1.82) is 0 Å². The van der Waals surface area contributed by atoms with E-state index in [0.717, 1.165) is 25.9 Å². The van der Waals surface area contributed by atoms with Crippen molar-refractivity contribution in [2.75, 3.05) is 26.7 Å². The number of rotatable bonds is 5. The summed E-state index contributed by atoms with van der Waals surface area (Å²) in [7, 11) is 2.06. The summed E-state index contributed by atoms with van der Waals surface area (Å²) >= 11 is 0. The Morgan fingerprint density at radius 3 is 2.69 bits per heavy atom. The molecule has 0 aromatic carbocycles. The third-order valence-corrected chi connectivity index (χ3v) is 3.15. The zero-order valence-electron chi connectivity index (χ0n) is 10.7. The lowest BCUT2D eigenvalue weighted by Gasteiger charge is -2.21. The Bertz CT molecular complexity index is 230. The molecule has 0 aromatic heterocycles. The minimum Gasteiger partial charge on any atom is -0.352 e. The fraction of sp³-hybridized carbons (Fsp3) is 0.917. The molecule has 0 saturated carbocycles. The van der Waals surface area contributed by atoms with Crippen LogP contribution in [0.3, 0.4) is 0 Å². The topological polar surface area (TPSA) is 58.4 Å². The molecule has 1 saturated heterocycles. The van der Waals surface area contributed by atoms with Crippen LogP contribution in [0.15, 0.2) is 0 Å².